The van der Waals surface area contributed by atoms with Crippen molar-refractivity contribution in [1.29, 1.82) is 0 Å². The summed E-state index contributed by atoms with van der Waals surface area (Å²) in [4.78, 5) is 47.8. The van der Waals surface area contributed by atoms with Crippen LogP contribution in [0.15, 0.2) is 55.3 Å². The fourth-order valence-corrected chi connectivity index (χ4v) is 4.28. The first kappa shape index (κ1) is 23.7. The Morgan fingerprint density at radius 2 is 1.91 bits per heavy atom. The van der Waals surface area contributed by atoms with Crippen LogP contribution in [0.5, 0.6) is 0 Å². The summed E-state index contributed by atoms with van der Waals surface area (Å²) in [5.74, 6) is 5.80. The van der Waals surface area contributed by atoms with Crippen LogP contribution in [0.1, 0.15) is 57.5 Å². The first-order valence-corrected chi connectivity index (χ1v) is 11.2. The SMILES string of the molecule is C=CC(=O)N1CCCCC1c1nc(-c2ccc(C(=O)Nc3cc(C)ccn3)cc2)c(C(N)=O)n1N. The largest absolute Gasteiger partial charge is 0.364 e. The van der Waals surface area contributed by atoms with Gasteiger partial charge in [-0.1, -0.05) is 18.7 Å². The van der Waals surface area contributed by atoms with Gasteiger partial charge < -0.3 is 21.8 Å². The van der Waals surface area contributed by atoms with E-state index < -0.39 is 11.9 Å². The zero-order valence-corrected chi connectivity index (χ0v) is 19.4. The number of piperidine rings is 1. The normalized spacial score (nSPS) is 15.5. The number of anilines is 1. The van der Waals surface area contributed by atoms with Crippen molar-refractivity contribution in [2.24, 2.45) is 5.73 Å². The van der Waals surface area contributed by atoms with E-state index in [9.17, 15) is 14.4 Å². The number of aromatic nitrogens is 3. The average Bonchev–Trinajstić information content (AvgIpc) is 3.20. The number of hydrogen-bond acceptors (Lipinski definition) is 6. The summed E-state index contributed by atoms with van der Waals surface area (Å²) in [6.07, 6.45) is 5.28. The molecule has 1 aliphatic heterocycles. The quantitative estimate of drug-likeness (QED) is 0.370. The molecule has 2 aromatic heterocycles. The minimum Gasteiger partial charge on any atom is -0.364 e. The zero-order valence-electron chi connectivity index (χ0n) is 19.4. The van der Waals surface area contributed by atoms with Gasteiger partial charge in [-0.15, -0.1) is 0 Å². The van der Waals surface area contributed by atoms with Crippen LogP contribution in [0.4, 0.5) is 5.82 Å². The van der Waals surface area contributed by atoms with Gasteiger partial charge >= 0.3 is 0 Å². The summed E-state index contributed by atoms with van der Waals surface area (Å²) >= 11 is 0. The van der Waals surface area contributed by atoms with Gasteiger partial charge in [-0.25, -0.2) is 14.6 Å². The van der Waals surface area contributed by atoms with Crippen LogP contribution in [0, 0.1) is 6.92 Å². The Morgan fingerprint density at radius 1 is 1.17 bits per heavy atom. The Labute approximate surface area is 202 Å². The number of nitrogens with zero attached hydrogens (tertiary/aromatic N) is 4. The van der Waals surface area contributed by atoms with E-state index in [-0.39, 0.29) is 17.5 Å². The summed E-state index contributed by atoms with van der Waals surface area (Å²) in [6, 6.07) is 9.79. The molecular formula is C25H27N7O3. The second-order valence-electron chi connectivity index (χ2n) is 8.40. The Bertz CT molecular complexity index is 1300. The Hall–Kier alpha value is -4.47. The van der Waals surface area contributed by atoms with Crippen molar-refractivity contribution in [3.05, 3.63) is 77.9 Å². The van der Waals surface area contributed by atoms with Crippen LogP contribution in [-0.2, 0) is 4.79 Å². The fourth-order valence-electron chi connectivity index (χ4n) is 4.28. The van der Waals surface area contributed by atoms with Crippen molar-refractivity contribution in [2.45, 2.75) is 32.2 Å². The van der Waals surface area contributed by atoms with Crippen molar-refractivity contribution in [3.8, 4) is 11.3 Å². The van der Waals surface area contributed by atoms with E-state index in [1.807, 2.05) is 13.0 Å². The van der Waals surface area contributed by atoms with Crippen molar-refractivity contribution >= 4 is 23.5 Å². The molecule has 0 spiro atoms. The number of nitrogens with two attached hydrogens (primary N) is 2. The van der Waals surface area contributed by atoms with Crippen LogP contribution in [0.2, 0.25) is 0 Å². The molecule has 1 unspecified atom stereocenters. The maximum absolute atomic E-state index is 12.6. The summed E-state index contributed by atoms with van der Waals surface area (Å²) in [7, 11) is 0. The van der Waals surface area contributed by atoms with Crippen LogP contribution in [-0.4, -0.2) is 43.8 Å². The number of amides is 3. The fraction of sp³-hybridized carbons (Fsp3) is 0.240. The van der Waals surface area contributed by atoms with E-state index in [1.54, 1.807) is 41.4 Å². The molecular weight excluding hydrogens is 446 g/mol. The molecule has 180 valence electrons. The lowest BCUT2D eigenvalue weighted by Crippen LogP contribution is -2.39. The predicted octanol–water partition coefficient (Wildman–Crippen LogP) is 2.56. The van der Waals surface area contributed by atoms with E-state index in [2.05, 4.69) is 21.9 Å². The molecule has 1 aliphatic rings. The van der Waals surface area contributed by atoms with Crippen LogP contribution in [0.3, 0.4) is 0 Å². The summed E-state index contributed by atoms with van der Waals surface area (Å²) in [5, 5.41) is 2.76. The summed E-state index contributed by atoms with van der Waals surface area (Å²) < 4.78 is 1.17. The second kappa shape index (κ2) is 9.80. The molecule has 10 heteroatoms. The lowest BCUT2D eigenvalue weighted by atomic mass is 10.0. The molecule has 0 aliphatic carbocycles. The van der Waals surface area contributed by atoms with E-state index in [0.29, 0.717) is 41.4 Å². The molecule has 1 fully saturated rings. The minimum absolute atomic E-state index is 0.0257. The maximum atomic E-state index is 12.6. The first-order chi connectivity index (χ1) is 16.8. The van der Waals surface area contributed by atoms with Gasteiger partial charge in [0.05, 0.1) is 6.04 Å². The zero-order chi connectivity index (χ0) is 25.1. The first-order valence-electron chi connectivity index (χ1n) is 11.2. The number of primary amides is 1. The molecule has 10 nitrogen and oxygen atoms in total. The highest BCUT2D eigenvalue weighted by molar-refractivity contribution is 6.04. The highest BCUT2D eigenvalue weighted by Gasteiger charge is 2.33. The topological polar surface area (TPSA) is 149 Å². The van der Waals surface area contributed by atoms with E-state index in [1.165, 1.54) is 10.8 Å². The molecule has 1 atom stereocenters. The van der Waals surface area contributed by atoms with E-state index in [0.717, 1.165) is 18.4 Å². The third-order valence-electron chi connectivity index (χ3n) is 6.01. The van der Waals surface area contributed by atoms with Gasteiger partial charge in [-0.2, -0.15) is 0 Å². The minimum atomic E-state index is -0.744. The molecule has 3 amide bonds. The van der Waals surface area contributed by atoms with Crippen molar-refractivity contribution < 1.29 is 14.4 Å². The summed E-state index contributed by atoms with van der Waals surface area (Å²) in [6.45, 7) is 6.03. The number of rotatable bonds is 6. The van der Waals surface area contributed by atoms with Gasteiger partial charge in [0, 0.05) is 23.9 Å². The lowest BCUT2D eigenvalue weighted by Gasteiger charge is -2.34. The van der Waals surface area contributed by atoms with Crippen molar-refractivity contribution in [2.75, 3.05) is 17.7 Å². The van der Waals surface area contributed by atoms with E-state index >= 15 is 0 Å². The number of hydrogen-bond donors (Lipinski definition) is 3. The smallest absolute Gasteiger partial charge is 0.269 e. The van der Waals surface area contributed by atoms with Crippen LogP contribution >= 0.6 is 0 Å². The molecule has 1 saturated heterocycles. The van der Waals surface area contributed by atoms with Gasteiger partial charge in [0.2, 0.25) is 5.91 Å². The number of nitrogen functional groups attached to an aromatic ring is 1. The standard InChI is InChI=1S/C25H27N7O3/c1-3-20(33)31-13-5-4-6-18(31)24-30-21(22(23(26)34)32(24)27)16-7-9-17(10-8-16)25(35)29-19-14-15(2)11-12-28-19/h3,7-12,14,18H,1,4-6,13,27H2,2H3,(H2,26,34)(H,28,29,35). The molecule has 0 radical (unpaired) electrons. The summed E-state index contributed by atoms with van der Waals surface area (Å²) in [5.41, 5.74) is 7.90. The number of carbonyl (C=O) groups excluding carboxylic acids is 3. The maximum Gasteiger partial charge on any atom is 0.269 e. The van der Waals surface area contributed by atoms with Gasteiger partial charge in [0.15, 0.2) is 11.5 Å². The third kappa shape index (κ3) is 4.77. The molecule has 1 aromatic carbocycles. The molecule has 5 N–H and O–H groups in total. The lowest BCUT2D eigenvalue weighted by molar-refractivity contribution is -0.129. The third-order valence-corrected chi connectivity index (χ3v) is 6.01. The highest BCUT2D eigenvalue weighted by Crippen LogP contribution is 2.33. The monoisotopic (exact) mass is 473 g/mol. The molecule has 35 heavy (non-hydrogen) atoms. The van der Waals surface area contributed by atoms with Crippen molar-refractivity contribution in [1.82, 2.24) is 19.5 Å². The number of benzene rings is 1. The van der Waals surface area contributed by atoms with E-state index in [4.69, 9.17) is 11.6 Å². The van der Waals surface area contributed by atoms with Gasteiger partial charge in [0.1, 0.15) is 11.5 Å². The number of pyridine rings is 1. The Balaban J connectivity index is 1.65. The molecule has 4 rings (SSSR count). The number of aryl methyl sites for hydroxylation is 1. The number of imidazole rings is 1. The molecule has 3 aromatic rings. The Morgan fingerprint density at radius 3 is 2.57 bits per heavy atom. The van der Waals surface area contributed by atoms with Crippen LogP contribution < -0.4 is 16.9 Å². The number of nitrogens with one attached hydrogen (secondary N) is 1. The van der Waals surface area contributed by atoms with Gasteiger partial charge in [-0.3, -0.25) is 14.4 Å². The molecule has 3 heterocycles. The van der Waals surface area contributed by atoms with Gasteiger partial charge in [0.25, 0.3) is 11.8 Å². The van der Waals surface area contributed by atoms with Gasteiger partial charge in [-0.05, 0) is 62.1 Å². The average molecular weight is 474 g/mol. The highest BCUT2D eigenvalue weighted by atomic mass is 16.2. The molecule has 0 saturated carbocycles. The number of likely N-dealkylation sites (tertiary alicyclic amines) is 1. The van der Waals surface area contributed by atoms with Crippen molar-refractivity contribution in [3.63, 3.8) is 0 Å². The Kier molecular flexibility index (Phi) is 6.63. The second-order valence-corrected chi connectivity index (χ2v) is 8.40. The number of carbonyl (C=O) groups is 3. The molecule has 0 bridgehead atoms. The van der Waals surface area contributed by atoms with Crippen LogP contribution in [0.25, 0.3) is 11.3 Å². The predicted molar refractivity (Wildman–Crippen MR) is 132 cm³/mol.